The number of carbonyl (C=O) groups is 1. The number of rotatable bonds is 3. The molecule has 2 aromatic rings. The first-order valence-corrected chi connectivity index (χ1v) is 8.99. The highest BCUT2D eigenvalue weighted by Gasteiger charge is 2.40. The third-order valence-electron chi connectivity index (χ3n) is 3.63. The number of nitrogens with zero attached hydrogens (tertiary/aromatic N) is 2. The Morgan fingerprint density at radius 2 is 1.96 bits per heavy atom. The second kappa shape index (κ2) is 6.61. The van der Waals surface area contributed by atoms with Gasteiger partial charge in [-0.1, -0.05) is 41.7 Å². The molecular weight excluding hydrogens is 398 g/mol. The van der Waals surface area contributed by atoms with E-state index in [2.05, 4.69) is 5.10 Å². The van der Waals surface area contributed by atoms with E-state index in [1.165, 1.54) is 11.3 Å². The number of hydrazone groups is 1. The van der Waals surface area contributed by atoms with Crippen LogP contribution in [-0.4, -0.2) is 11.0 Å². The lowest BCUT2D eigenvalue weighted by atomic mass is 9.96. The van der Waals surface area contributed by atoms with Gasteiger partial charge >= 0.3 is 0 Å². The van der Waals surface area contributed by atoms with Gasteiger partial charge in [-0.2, -0.15) is 5.10 Å². The first kappa shape index (κ1) is 17.1. The van der Waals surface area contributed by atoms with Crippen LogP contribution < -0.4 is 5.01 Å². The molecule has 0 unspecified atom stereocenters. The molecule has 120 valence electrons. The minimum atomic E-state index is -0.572. The van der Waals surface area contributed by atoms with Crippen molar-refractivity contribution in [2.75, 3.05) is 5.01 Å². The summed E-state index contributed by atoms with van der Waals surface area (Å²) in [7, 11) is 0. The van der Waals surface area contributed by atoms with E-state index in [0.717, 1.165) is 4.88 Å². The van der Waals surface area contributed by atoms with Gasteiger partial charge in [-0.05, 0) is 41.9 Å². The molecular formula is C15H10Cl4N2OS. The van der Waals surface area contributed by atoms with Crippen LogP contribution in [0, 0.1) is 5.92 Å². The monoisotopic (exact) mass is 406 g/mol. The van der Waals surface area contributed by atoms with Gasteiger partial charge in [-0.15, -0.1) is 11.3 Å². The molecule has 0 saturated carbocycles. The first-order chi connectivity index (χ1) is 10.9. The zero-order valence-electron chi connectivity index (χ0n) is 11.8. The van der Waals surface area contributed by atoms with Crippen molar-refractivity contribution >= 4 is 74.4 Å². The molecule has 8 heteroatoms. The fourth-order valence-electron chi connectivity index (χ4n) is 2.57. The summed E-state index contributed by atoms with van der Waals surface area (Å²) in [6.07, 6.45) is 0. The van der Waals surface area contributed by atoms with Crippen LogP contribution >= 0.6 is 57.7 Å². The third kappa shape index (κ3) is 3.24. The standard InChI is InChI=1S/C15H10Cl4N2OS/c1-7-13(15(19)22)20-21(10-3-2-8(16)6-9(10)17)14(7)11-4-5-12(18)23-11/h2-7,14H,1H3/t7-,14+/m1/s1. The molecule has 1 aromatic carbocycles. The Morgan fingerprint density at radius 1 is 1.22 bits per heavy atom. The summed E-state index contributed by atoms with van der Waals surface area (Å²) < 4.78 is 0.667. The highest BCUT2D eigenvalue weighted by molar-refractivity contribution is 7.16. The molecule has 23 heavy (non-hydrogen) atoms. The molecule has 2 heterocycles. The topological polar surface area (TPSA) is 32.7 Å². The molecule has 0 N–H and O–H groups in total. The Bertz CT molecular complexity index is 805. The van der Waals surface area contributed by atoms with Gasteiger partial charge in [0.15, 0.2) is 0 Å². The maximum atomic E-state index is 11.7. The van der Waals surface area contributed by atoms with E-state index >= 15 is 0 Å². The largest absolute Gasteiger partial charge is 0.274 e. The summed E-state index contributed by atoms with van der Waals surface area (Å²) in [5.41, 5.74) is 0.956. The first-order valence-electron chi connectivity index (χ1n) is 6.66. The van der Waals surface area contributed by atoms with Gasteiger partial charge in [-0.25, -0.2) is 0 Å². The minimum absolute atomic E-state index is 0.193. The number of carbonyl (C=O) groups excluding carboxylic acids is 1. The average Bonchev–Trinajstić information content (AvgIpc) is 3.02. The number of hydrogen-bond acceptors (Lipinski definition) is 4. The fourth-order valence-corrected chi connectivity index (χ4v) is 4.53. The molecule has 1 aromatic heterocycles. The highest BCUT2D eigenvalue weighted by Crippen LogP contribution is 2.44. The molecule has 3 rings (SSSR count). The normalized spacial score (nSPS) is 20.7. The van der Waals surface area contributed by atoms with Crippen molar-refractivity contribution < 1.29 is 4.79 Å². The van der Waals surface area contributed by atoms with Gasteiger partial charge in [-0.3, -0.25) is 9.80 Å². The Balaban J connectivity index is 2.11. The summed E-state index contributed by atoms with van der Waals surface area (Å²) in [4.78, 5) is 12.7. The van der Waals surface area contributed by atoms with E-state index in [1.807, 2.05) is 19.1 Å². The highest BCUT2D eigenvalue weighted by atomic mass is 35.5. The summed E-state index contributed by atoms with van der Waals surface area (Å²) in [6.45, 7) is 1.90. The van der Waals surface area contributed by atoms with Crippen LogP contribution in [0.2, 0.25) is 14.4 Å². The molecule has 0 spiro atoms. The molecule has 3 nitrogen and oxygen atoms in total. The van der Waals surface area contributed by atoms with Crippen LogP contribution in [0.5, 0.6) is 0 Å². The van der Waals surface area contributed by atoms with Gasteiger partial charge in [0.2, 0.25) is 0 Å². The quantitative estimate of drug-likeness (QED) is 0.582. The number of hydrogen-bond donors (Lipinski definition) is 0. The molecule has 0 fully saturated rings. The van der Waals surface area contributed by atoms with Crippen molar-refractivity contribution in [1.82, 2.24) is 0 Å². The van der Waals surface area contributed by atoms with Gasteiger partial charge in [0.05, 0.1) is 21.1 Å². The zero-order valence-corrected chi connectivity index (χ0v) is 15.6. The number of anilines is 1. The van der Waals surface area contributed by atoms with Crippen molar-refractivity contribution in [1.29, 1.82) is 0 Å². The molecule has 0 amide bonds. The third-order valence-corrected chi connectivity index (χ3v) is 5.66. The molecule has 0 saturated heterocycles. The maximum Gasteiger partial charge on any atom is 0.268 e. The van der Waals surface area contributed by atoms with Crippen molar-refractivity contribution in [3.05, 3.63) is 49.6 Å². The van der Waals surface area contributed by atoms with Gasteiger partial charge in [0.25, 0.3) is 5.24 Å². The Kier molecular flexibility index (Phi) is 4.90. The molecule has 1 aliphatic heterocycles. The number of benzene rings is 1. The molecule has 1 aliphatic rings. The summed E-state index contributed by atoms with van der Waals surface area (Å²) in [5.74, 6) is -0.193. The van der Waals surface area contributed by atoms with Crippen molar-refractivity contribution in [3.63, 3.8) is 0 Å². The van der Waals surface area contributed by atoms with Crippen molar-refractivity contribution in [2.24, 2.45) is 11.0 Å². The van der Waals surface area contributed by atoms with Crippen LogP contribution in [0.25, 0.3) is 0 Å². The number of thiophene rings is 1. The van der Waals surface area contributed by atoms with Crippen molar-refractivity contribution in [2.45, 2.75) is 13.0 Å². The fraction of sp³-hybridized carbons (Fsp3) is 0.200. The van der Waals surface area contributed by atoms with Gasteiger partial charge < -0.3 is 0 Å². The van der Waals surface area contributed by atoms with E-state index in [1.54, 1.807) is 23.2 Å². The lowest BCUT2D eigenvalue weighted by Crippen LogP contribution is -2.24. The summed E-state index contributed by atoms with van der Waals surface area (Å²) in [6, 6.07) is 8.66. The van der Waals surface area contributed by atoms with Gasteiger partial charge in [0.1, 0.15) is 5.71 Å². The van der Waals surface area contributed by atoms with Crippen LogP contribution in [0.1, 0.15) is 17.8 Å². The predicted molar refractivity (Wildman–Crippen MR) is 98.5 cm³/mol. The molecule has 0 radical (unpaired) electrons. The van der Waals surface area contributed by atoms with Crippen LogP contribution in [0.3, 0.4) is 0 Å². The average molecular weight is 408 g/mol. The van der Waals surface area contributed by atoms with E-state index in [-0.39, 0.29) is 12.0 Å². The van der Waals surface area contributed by atoms with E-state index in [4.69, 9.17) is 46.4 Å². The SMILES string of the molecule is C[C@@H]1C(C(=O)Cl)=NN(c2ccc(Cl)cc2Cl)[C@@H]1c1ccc(Cl)s1. The van der Waals surface area contributed by atoms with E-state index < -0.39 is 5.24 Å². The summed E-state index contributed by atoms with van der Waals surface area (Å²) >= 11 is 25.4. The van der Waals surface area contributed by atoms with Crippen LogP contribution in [0.15, 0.2) is 35.4 Å². The number of halogens is 4. The Hall–Kier alpha value is -0.780. The molecule has 2 atom stereocenters. The van der Waals surface area contributed by atoms with Gasteiger partial charge in [0, 0.05) is 15.8 Å². The van der Waals surface area contributed by atoms with Crippen molar-refractivity contribution in [3.8, 4) is 0 Å². The molecule has 0 aliphatic carbocycles. The maximum absolute atomic E-state index is 11.7. The smallest absolute Gasteiger partial charge is 0.268 e. The molecule has 0 bridgehead atoms. The second-order valence-corrected chi connectivity index (χ2v) is 8.01. The van der Waals surface area contributed by atoms with E-state index in [9.17, 15) is 4.79 Å². The lowest BCUT2D eigenvalue weighted by molar-refractivity contribution is -0.106. The summed E-state index contributed by atoms with van der Waals surface area (Å²) in [5, 5.41) is 6.51. The Labute approximate surface area is 157 Å². The predicted octanol–water partition coefficient (Wildman–Crippen LogP) is 6.03. The minimum Gasteiger partial charge on any atom is -0.274 e. The lowest BCUT2D eigenvalue weighted by Gasteiger charge is -2.26. The zero-order chi connectivity index (χ0) is 16.7. The van der Waals surface area contributed by atoms with Crippen LogP contribution in [-0.2, 0) is 4.79 Å². The Morgan fingerprint density at radius 3 is 2.52 bits per heavy atom. The second-order valence-electron chi connectivity index (χ2n) is 5.07. The van der Waals surface area contributed by atoms with E-state index in [0.29, 0.717) is 25.8 Å². The van der Waals surface area contributed by atoms with Crippen LogP contribution in [0.4, 0.5) is 5.69 Å².